The molecule has 1 amide bonds. The van der Waals surface area contributed by atoms with Gasteiger partial charge in [-0.15, -0.1) is 0 Å². The van der Waals surface area contributed by atoms with Crippen molar-refractivity contribution < 1.29 is 18.0 Å². The van der Waals surface area contributed by atoms with Crippen LogP contribution in [0.15, 0.2) is 24.3 Å². The fourth-order valence-electron chi connectivity index (χ4n) is 4.47. The SMILES string of the molecule is CC[C@@H]1CCCCN1C(=O)c1cc2n(n1)[C@H](C(F)(F)F)C[C@H](c1ccc(Cl)c(Cl)c1)N2. The first-order valence-corrected chi connectivity index (χ1v) is 11.1. The normalized spacial score (nSPS) is 23.9. The Labute approximate surface area is 188 Å². The Bertz CT molecular complexity index is 978. The summed E-state index contributed by atoms with van der Waals surface area (Å²) < 4.78 is 42.6. The minimum absolute atomic E-state index is 0.0342. The molecule has 0 aliphatic carbocycles. The van der Waals surface area contributed by atoms with Crippen molar-refractivity contribution in [1.29, 1.82) is 0 Å². The molecule has 168 valence electrons. The molecule has 31 heavy (non-hydrogen) atoms. The van der Waals surface area contributed by atoms with Gasteiger partial charge in [-0.2, -0.15) is 18.3 Å². The molecule has 1 aromatic carbocycles. The van der Waals surface area contributed by atoms with Gasteiger partial charge < -0.3 is 10.2 Å². The standard InChI is InChI=1S/C21H23Cl2F3N4O/c1-2-13-5-3-4-8-29(13)20(31)17-11-19-27-16(12-6-7-14(22)15(23)9-12)10-18(21(24,25)26)30(19)28-17/h6-7,9,11,13,16,18,27H,2-5,8,10H2,1H3/t13-,16-,18+/m1/s1. The number of fused-ring (bicyclic) bond motifs is 1. The average Bonchev–Trinajstić information content (AvgIpc) is 3.17. The highest BCUT2D eigenvalue weighted by molar-refractivity contribution is 6.42. The summed E-state index contributed by atoms with van der Waals surface area (Å²) in [5, 5.41) is 7.80. The second-order valence-corrected chi connectivity index (χ2v) is 8.89. The Morgan fingerprint density at radius 2 is 2.00 bits per heavy atom. The number of piperidine rings is 1. The third-order valence-electron chi connectivity index (χ3n) is 6.11. The first-order valence-electron chi connectivity index (χ1n) is 10.4. The molecule has 0 radical (unpaired) electrons. The molecule has 10 heteroatoms. The van der Waals surface area contributed by atoms with Crippen LogP contribution in [0.25, 0.3) is 0 Å². The van der Waals surface area contributed by atoms with Gasteiger partial charge in [-0.25, -0.2) is 4.68 Å². The Hall–Kier alpha value is -1.93. The van der Waals surface area contributed by atoms with Crippen LogP contribution in [0.5, 0.6) is 0 Å². The van der Waals surface area contributed by atoms with E-state index in [-0.39, 0.29) is 34.9 Å². The van der Waals surface area contributed by atoms with Gasteiger partial charge in [-0.1, -0.05) is 36.2 Å². The zero-order valence-corrected chi connectivity index (χ0v) is 18.4. The summed E-state index contributed by atoms with van der Waals surface area (Å²) in [5.41, 5.74) is 0.623. The quantitative estimate of drug-likeness (QED) is 0.571. The number of hydrogen-bond acceptors (Lipinski definition) is 3. The van der Waals surface area contributed by atoms with Crippen LogP contribution in [0, 0.1) is 0 Å². The van der Waals surface area contributed by atoms with E-state index in [0.717, 1.165) is 30.4 Å². The Morgan fingerprint density at radius 3 is 2.68 bits per heavy atom. The molecule has 1 fully saturated rings. The van der Waals surface area contributed by atoms with Crippen molar-refractivity contribution in [3.8, 4) is 0 Å². The van der Waals surface area contributed by atoms with E-state index in [1.807, 2.05) is 6.92 Å². The van der Waals surface area contributed by atoms with Crippen molar-refractivity contribution in [3.63, 3.8) is 0 Å². The molecular weight excluding hydrogens is 452 g/mol. The second kappa shape index (κ2) is 8.54. The highest BCUT2D eigenvalue weighted by Crippen LogP contribution is 2.44. The van der Waals surface area contributed by atoms with E-state index in [9.17, 15) is 18.0 Å². The van der Waals surface area contributed by atoms with Crippen LogP contribution in [0.4, 0.5) is 19.0 Å². The summed E-state index contributed by atoms with van der Waals surface area (Å²) >= 11 is 12.0. The number of anilines is 1. The van der Waals surface area contributed by atoms with E-state index >= 15 is 0 Å². The summed E-state index contributed by atoms with van der Waals surface area (Å²) in [6.07, 6.45) is -1.15. The smallest absolute Gasteiger partial charge is 0.363 e. The molecule has 0 saturated carbocycles. The Balaban J connectivity index is 1.67. The van der Waals surface area contributed by atoms with Gasteiger partial charge in [0.05, 0.1) is 16.1 Å². The average molecular weight is 475 g/mol. The van der Waals surface area contributed by atoms with E-state index in [4.69, 9.17) is 23.2 Å². The van der Waals surface area contributed by atoms with Crippen LogP contribution >= 0.6 is 23.2 Å². The highest BCUT2D eigenvalue weighted by atomic mass is 35.5. The number of benzene rings is 1. The van der Waals surface area contributed by atoms with Gasteiger partial charge in [0.2, 0.25) is 0 Å². The van der Waals surface area contributed by atoms with E-state index in [1.165, 1.54) is 6.07 Å². The predicted octanol–water partition coefficient (Wildman–Crippen LogP) is 6.25. The number of carbonyl (C=O) groups is 1. The molecule has 4 rings (SSSR count). The minimum Gasteiger partial charge on any atom is -0.363 e. The number of nitrogens with one attached hydrogen (secondary N) is 1. The molecule has 3 heterocycles. The molecule has 0 spiro atoms. The highest BCUT2D eigenvalue weighted by Gasteiger charge is 2.47. The maximum atomic E-state index is 13.9. The number of amides is 1. The minimum atomic E-state index is -4.52. The van der Waals surface area contributed by atoms with Gasteiger partial charge >= 0.3 is 6.18 Å². The van der Waals surface area contributed by atoms with Gasteiger partial charge in [-0.05, 0) is 43.4 Å². The zero-order valence-electron chi connectivity index (χ0n) is 16.9. The number of aromatic nitrogens is 2. The summed E-state index contributed by atoms with van der Waals surface area (Å²) in [4.78, 5) is 14.8. The van der Waals surface area contributed by atoms with Crippen LogP contribution in [0.2, 0.25) is 10.0 Å². The summed E-state index contributed by atoms with van der Waals surface area (Å²) in [6, 6.07) is 3.79. The molecular formula is C21H23Cl2F3N4O. The molecule has 0 unspecified atom stereocenters. The number of nitrogens with zero attached hydrogens (tertiary/aromatic N) is 3. The maximum absolute atomic E-state index is 13.9. The molecule has 0 bridgehead atoms. The maximum Gasteiger partial charge on any atom is 0.410 e. The topological polar surface area (TPSA) is 50.2 Å². The lowest BCUT2D eigenvalue weighted by molar-refractivity contribution is -0.173. The summed E-state index contributed by atoms with van der Waals surface area (Å²) in [5.74, 6) is -0.152. The third kappa shape index (κ3) is 4.37. The molecule has 1 N–H and O–H groups in total. The van der Waals surface area contributed by atoms with Crippen LogP contribution in [-0.2, 0) is 0 Å². The lowest BCUT2D eigenvalue weighted by Crippen LogP contribution is -2.43. The first-order chi connectivity index (χ1) is 14.7. The first kappa shape index (κ1) is 22.3. The largest absolute Gasteiger partial charge is 0.410 e. The number of carbonyl (C=O) groups excluding carboxylic acids is 1. The van der Waals surface area contributed by atoms with Gasteiger partial charge in [-0.3, -0.25) is 4.79 Å². The van der Waals surface area contributed by atoms with Gasteiger partial charge in [0.25, 0.3) is 5.91 Å². The number of likely N-dealkylation sites (tertiary alicyclic amines) is 1. The fourth-order valence-corrected chi connectivity index (χ4v) is 4.77. The van der Waals surface area contributed by atoms with E-state index < -0.39 is 18.3 Å². The molecule has 3 atom stereocenters. The summed E-state index contributed by atoms with van der Waals surface area (Å²) in [7, 11) is 0. The number of rotatable bonds is 3. The van der Waals surface area contributed by atoms with Crippen molar-refractivity contribution in [2.75, 3.05) is 11.9 Å². The number of alkyl halides is 3. The summed E-state index contributed by atoms with van der Waals surface area (Å²) in [6.45, 7) is 2.61. The Kier molecular flexibility index (Phi) is 6.14. The predicted molar refractivity (Wildman–Crippen MR) is 114 cm³/mol. The van der Waals surface area contributed by atoms with Gasteiger partial charge in [0.15, 0.2) is 11.7 Å². The van der Waals surface area contributed by atoms with Gasteiger partial charge in [0, 0.05) is 25.1 Å². The third-order valence-corrected chi connectivity index (χ3v) is 6.85. The molecule has 2 aliphatic rings. The molecule has 5 nitrogen and oxygen atoms in total. The van der Waals surface area contributed by atoms with E-state index in [2.05, 4.69) is 10.4 Å². The van der Waals surface area contributed by atoms with Gasteiger partial charge in [0.1, 0.15) is 5.82 Å². The van der Waals surface area contributed by atoms with Crippen molar-refractivity contribution in [1.82, 2.24) is 14.7 Å². The van der Waals surface area contributed by atoms with E-state index in [1.54, 1.807) is 23.1 Å². The fraction of sp³-hybridized carbons (Fsp3) is 0.524. The molecule has 2 aliphatic heterocycles. The van der Waals surface area contributed by atoms with Crippen molar-refractivity contribution in [2.24, 2.45) is 0 Å². The Morgan fingerprint density at radius 1 is 1.23 bits per heavy atom. The lowest BCUT2D eigenvalue weighted by atomic mass is 9.97. The molecule has 1 saturated heterocycles. The van der Waals surface area contributed by atoms with Crippen LogP contribution in [0.3, 0.4) is 0 Å². The molecule has 2 aromatic rings. The van der Waals surface area contributed by atoms with E-state index in [0.29, 0.717) is 17.1 Å². The van der Waals surface area contributed by atoms with Crippen LogP contribution < -0.4 is 5.32 Å². The zero-order chi connectivity index (χ0) is 22.3. The number of halogens is 5. The van der Waals surface area contributed by atoms with Crippen LogP contribution in [-0.4, -0.2) is 39.4 Å². The van der Waals surface area contributed by atoms with Crippen molar-refractivity contribution >= 4 is 34.9 Å². The van der Waals surface area contributed by atoms with Crippen molar-refractivity contribution in [3.05, 3.63) is 45.6 Å². The number of hydrogen-bond donors (Lipinski definition) is 1. The monoisotopic (exact) mass is 474 g/mol. The van der Waals surface area contributed by atoms with Crippen molar-refractivity contribution in [2.45, 2.75) is 63.3 Å². The van der Waals surface area contributed by atoms with Crippen LogP contribution in [0.1, 0.15) is 67.2 Å². The second-order valence-electron chi connectivity index (χ2n) is 8.08. The molecule has 1 aromatic heterocycles. The lowest BCUT2D eigenvalue weighted by Gasteiger charge is -2.34.